The van der Waals surface area contributed by atoms with Gasteiger partial charge in [0.15, 0.2) is 0 Å². The van der Waals surface area contributed by atoms with Crippen molar-refractivity contribution < 1.29 is 9.53 Å². The van der Waals surface area contributed by atoms with Crippen LogP contribution in [0.15, 0.2) is 35.2 Å². The number of benzene rings is 1. The highest BCUT2D eigenvalue weighted by atomic mass is 35.5. The van der Waals surface area contributed by atoms with E-state index in [0.717, 1.165) is 31.0 Å². The maximum absolute atomic E-state index is 11.2. The number of nitrogens with zero attached hydrogens (tertiary/aromatic N) is 1. The van der Waals surface area contributed by atoms with E-state index in [1.165, 1.54) is 30.2 Å². The van der Waals surface area contributed by atoms with Crippen molar-refractivity contribution in [1.82, 2.24) is 9.97 Å². The molecule has 3 rings (SSSR count). The molecule has 0 aliphatic carbocycles. The molecule has 0 aliphatic rings. The number of hydrogen-bond acceptors (Lipinski definition) is 5. The quantitative estimate of drug-likeness (QED) is 0.572. The van der Waals surface area contributed by atoms with Gasteiger partial charge in [0, 0.05) is 4.90 Å². The zero-order valence-electron chi connectivity index (χ0n) is 11.1. The minimum absolute atomic E-state index is 0.237. The molecule has 2 aromatic heterocycles. The molecule has 7 heteroatoms. The molecule has 0 saturated heterocycles. The molecule has 0 radical (unpaired) electrons. The highest BCUT2D eigenvalue weighted by Crippen LogP contribution is 2.31. The van der Waals surface area contributed by atoms with Gasteiger partial charge in [0.1, 0.15) is 5.82 Å². The number of nitrogens with one attached hydrogen (secondary N) is 1. The number of methoxy groups -OCH3 is 1. The number of hydrogen-bond donors (Lipinski definition) is 1. The van der Waals surface area contributed by atoms with Gasteiger partial charge < -0.3 is 9.72 Å². The van der Waals surface area contributed by atoms with E-state index in [4.69, 9.17) is 11.6 Å². The summed E-state index contributed by atoms with van der Waals surface area (Å²) in [6, 6.07) is 9.66. The Morgan fingerprint density at radius 1 is 1.43 bits per heavy atom. The Kier molecular flexibility index (Phi) is 4.19. The fraction of sp³-hybridized carbons (Fsp3) is 0.143. The molecule has 1 aromatic carbocycles. The standard InChI is InChI=1S/C14H11ClN2O2S2/c1-19-13(18)7-20-8-2-3-9-10(6-8)17-14(16-9)11-4-5-12(15)21-11/h2-6H,7H2,1H3,(H,16,17). The molecule has 0 amide bonds. The summed E-state index contributed by atoms with van der Waals surface area (Å²) in [6.07, 6.45) is 0. The van der Waals surface area contributed by atoms with Crippen LogP contribution in [0.2, 0.25) is 4.34 Å². The second kappa shape index (κ2) is 6.09. The molecule has 0 unspecified atom stereocenters. The van der Waals surface area contributed by atoms with Crippen molar-refractivity contribution in [2.75, 3.05) is 12.9 Å². The number of H-pyrrole nitrogens is 1. The van der Waals surface area contributed by atoms with E-state index in [-0.39, 0.29) is 5.97 Å². The molecule has 0 spiro atoms. The molecule has 2 heterocycles. The van der Waals surface area contributed by atoms with Crippen LogP contribution in [0, 0.1) is 0 Å². The SMILES string of the molecule is COC(=O)CSc1ccc2nc(-c3ccc(Cl)s3)[nH]c2c1. The Hall–Kier alpha value is -1.50. The molecule has 0 atom stereocenters. The zero-order valence-corrected chi connectivity index (χ0v) is 13.4. The van der Waals surface area contributed by atoms with Crippen molar-refractivity contribution in [1.29, 1.82) is 0 Å². The molecule has 3 aromatic rings. The topological polar surface area (TPSA) is 55.0 Å². The lowest BCUT2D eigenvalue weighted by Gasteiger charge is -2.00. The number of halogens is 1. The maximum Gasteiger partial charge on any atom is 0.315 e. The van der Waals surface area contributed by atoms with Gasteiger partial charge in [-0.05, 0) is 30.3 Å². The van der Waals surface area contributed by atoms with Crippen LogP contribution < -0.4 is 0 Å². The average molecular weight is 339 g/mol. The van der Waals surface area contributed by atoms with Crippen molar-refractivity contribution in [3.05, 3.63) is 34.7 Å². The maximum atomic E-state index is 11.2. The van der Waals surface area contributed by atoms with Crippen molar-refractivity contribution >= 4 is 51.7 Å². The van der Waals surface area contributed by atoms with Crippen molar-refractivity contribution in [2.45, 2.75) is 4.90 Å². The first-order chi connectivity index (χ1) is 10.2. The molecule has 0 fully saturated rings. The predicted molar refractivity (Wildman–Crippen MR) is 87.2 cm³/mol. The van der Waals surface area contributed by atoms with Gasteiger partial charge in [0.2, 0.25) is 0 Å². The largest absolute Gasteiger partial charge is 0.468 e. The number of aromatic amines is 1. The van der Waals surface area contributed by atoms with Crippen LogP contribution in [-0.2, 0) is 9.53 Å². The Morgan fingerprint density at radius 3 is 3.00 bits per heavy atom. The summed E-state index contributed by atoms with van der Waals surface area (Å²) in [5.74, 6) is 0.861. The van der Waals surface area contributed by atoms with E-state index in [0.29, 0.717) is 5.75 Å². The van der Waals surface area contributed by atoms with Gasteiger partial charge in [-0.1, -0.05) is 11.6 Å². The molecular formula is C14H11ClN2O2S2. The lowest BCUT2D eigenvalue weighted by molar-refractivity contribution is -0.137. The van der Waals surface area contributed by atoms with Crippen molar-refractivity contribution in [3.8, 4) is 10.7 Å². The Labute approximate surface area is 134 Å². The minimum atomic E-state index is -0.237. The van der Waals surface area contributed by atoms with Crippen LogP contribution in [0.5, 0.6) is 0 Å². The molecule has 108 valence electrons. The van der Waals surface area contributed by atoms with Crippen LogP contribution in [-0.4, -0.2) is 28.8 Å². The van der Waals surface area contributed by atoms with Gasteiger partial charge in [-0.25, -0.2) is 4.98 Å². The van der Waals surface area contributed by atoms with E-state index < -0.39 is 0 Å². The zero-order chi connectivity index (χ0) is 14.8. The van der Waals surface area contributed by atoms with Crippen LogP contribution >= 0.6 is 34.7 Å². The fourth-order valence-corrected chi connectivity index (χ4v) is 3.59. The lowest BCUT2D eigenvalue weighted by atomic mass is 10.3. The summed E-state index contributed by atoms with van der Waals surface area (Å²) in [5.41, 5.74) is 1.82. The summed E-state index contributed by atoms with van der Waals surface area (Å²) in [5, 5.41) is 0. The van der Waals surface area contributed by atoms with Gasteiger partial charge >= 0.3 is 5.97 Å². The second-order valence-corrected chi connectivity index (χ2v) is 7.00. The number of aromatic nitrogens is 2. The van der Waals surface area contributed by atoms with Gasteiger partial charge in [-0.15, -0.1) is 23.1 Å². The third kappa shape index (κ3) is 3.23. The first-order valence-corrected chi connectivity index (χ1v) is 8.29. The van der Waals surface area contributed by atoms with Crippen molar-refractivity contribution in [3.63, 3.8) is 0 Å². The molecule has 21 heavy (non-hydrogen) atoms. The normalized spacial score (nSPS) is 11.0. The van der Waals surface area contributed by atoms with E-state index in [9.17, 15) is 4.79 Å². The average Bonchev–Trinajstić information content (AvgIpc) is 3.09. The van der Waals surface area contributed by atoms with E-state index >= 15 is 0 Å². The molecule has 0 aliphatic heterocycles. The number of rotatable bonds is 4. The van der Waals surface area contributed by atoms with E-state index in [1.54, 1.807) is 0 Å². The van der Waals surface area contributed by atoms with Crippen LogP contribution in [0.4, 0.5) is 0 Å². The van der Waals surface area contributed by atoms with E-state index in [1.807, 2.05) is 30.3 Å². The Bertz CT molecular complexity index is 797. The van der Waals surface area contributed by atoms with Gasteiger partial charge in [-0.2, -0.15) is 0 Å². The molecule has 4 nitrogen and oxygen atoms in total. The monoisotopic (exact) mass is 338 g/mol. The second-order valence-electron chi connectivity index (χ2n) is 4.23. The van der Waals surface area contributed by atoms with Gasteiger partial charge in [0.25, 0.3) is 0 Å². The summed E-state index contributed by atoms with van der Waals surface area (Å²) in [7, 11) is 1.39. The van der Waals surface area contributed by atoms with Crippen LogP contribution in [0.1, 0.15) is 0 Å². The summed E-state index contributed by atoms with van der Waals surface area (Å²) >= 11 is 8.87. The number of thiophene rings is 1. The first-order valence-electron chi connectivity index (χ1n) is 6.11. The third-order valence-corrected chi connectivity index (χ3v) is 5.05. The number of thioether (sulfide) groups is 1. The number of fused-ring (bicyclic) bond motifs is 1. The number of ether oxygens (including phenoxy) is 1. The fourth-order valence-electron chi connectivity index (χ4n) is 1.84. The summed E-state index contributed by atoms with van der Waals surface area (Å²) < 4.78 is 5.37. The lowest BCUT2D eigenvalue weighted by Crippen LogP contribution is -2.02. The number of esters is 1. The molecule has 0 saturated carbocycles. The highest BCUT2D eigenvalue weighted by Gasteiger charge is 2.09. The number of carbonyl (C=O) groups is 1. The number of carbonyl (C=O) groups excluding carboxylic acids is 1. The van der Waals surface area contributed by atoms with Crippen LogP contribution in [0.25, 0.3) is 21.7 Å². The highest BCUT2D eigenvalue weighted by molar-refractivity contribution is 8.00. The van der Waals surface area contributed by atoms with Gasteiger partial charge in [0.05, 0.1) is 33.1 Å². The molecule has 1 N–H and O–H groups in total. The Balaban J connectivity index is 1.86. The van der Waals surface area contributed by atoms with Crippen molar-refractivity contribution in [2.24, 2.45) is 0 Å². The smallest absolute Gasteiger partial charge is 0.315 e. The summed E-state index contributed by atoms with van der Waals surface area (Å²) in [6.45, 7) is 0. The first kappa shape index (κ1) is 14.4. The molecule has 0 bridgehead atoms. The Morgan fingerprint density at radius 2 is 2.29 bits per heavy atom. The minimum Gasteiger partial charge on any atom is -0.468 e. The number of imidazole rings is 1. The third-order valence-electron chi connectivity index (χ3n) is 2.84. The van der Waals surface area contributed by atoms with Crippen LogP contribution in [0.3, 0.4) is 0 Å². The van der Waals surface area contributed by atoms with E-state index in [2.05, 4.69) is 14.7 Å². The predicted octanol–water partition coefficient (Wildman–Crippen LogP) is 4.21. The van der Waals surface area contributed by atoms with Gasteiger partial charge in [-0.3, -0.25) is 4.79 Å². The summed E-state index contributed by atoms with van der Waals surface area (Å²) in [4.78, 5) is 21.0. The molecular weight excluding hydrogens is 328 g/mol.